The lowest BCUT2D eigenvalue weighted by atomic mass is 9.89. The molecule has 0 aromatic rings. The summed E-state index contributed by atoms with van der Waals surface area (Å²) < 4.78 is 17.8. The lowest BCUT2D eigenvalue weighted by molar-refractivity contribution is -0.151. The maximum Gasteiger partial charge on any atom is 0.320 e. The zero-order valence-electron chi connectivity index (χ0n) is 37.5. The van der Waals surface area contributed by atoms with Crippen molar-refractivity contribution in [2.75, 3.05) is 33.4 Å². The van der Waals surface area contributed by atoms with Gasteiger partial charge in [0.25, 0.3) is 0 Å². The van der Waals surface area contributed by atoms with Crippen molar-refractivity contribution in [1.82, 2.24) is 4.90 Å². The molecule has 0 radical (unpaired) electrons. The number of carbonyl (C=O) groups excluding carboxylic acids is 2. The van der Waals surface area contributed by atoms with E-state index in [9.17, 15) is 9.59 Å². The number of ether oxygens (including phenoxy) is 3. The molecule has 6 nitrogen and oxygen atoms in total. The largest absolute Gasteiger partial charge is 0.465 e. The average Bonchev–Trinajstić information content (AvgIpc) is 3.08. The van der Waals surface area contributed by atoms with Crippen LogP contribution < -0.4 is 0 Å². The SMILES string of the molecule is CC(C)CCC(COCCCCCCCCCCC(CCCCCCCCCC(=O)OCC(CCC(C)C)C(C)C)OC(=O)CN(C)C(C)C)C(C)C. The van der Waals surface area contributed by atoms with Crippen LogP contribution in [0.3, 0.4) is 0 Å². The maximum absolute atomic E-state index is 12.7. The monoisotopic (exact) mass is 752 g/mol. The zero-order chi connectivity index (χ0) is 39.9. The van der Waals surface area contributed by atoms with Gasteiger partial charge in [0.05, 0.1) is 13.2 Å². The van der Waals surface area contributed by atoms with E-state index in [0.717, 1.165) is 64.1 Å². The van der Waals surface area contributed by atoms with Gasteiger partial charge in [-0.05, 0) is 108 Å². The summed E-state index contributed by atoms with van der Waals surface area (Å²) in [5, 5.41) is 0. The molecule has 316 valence electrons. The van der Waals surface area contributed by atoms with E-state index in [-0.39, 0.29) is 18.0 Å². The smallest absolute Gasteiger partial charge is 0.320 e. The second-order valence-corrected chi connectivity index (χ2v) is 18.5. The Kier molecular flexibility index (Phi) is 33.4. The molecule has 3 atom stereocenters. The summed E-state index contributed by atoms with van der Waals surface area (Å²) in [6, 6.07) is 0.327. The first-order chi connectivity index (χ1) is 25.2. The molecule has 0 N–H and O–H groups in total. The first-order valence-corrected chi connectivity index (χ1v) is 22.9. The quantitative estimate of drug-likeness (QED) is 0.0465. The molecule has 0 aromatic carbocycles. The first-order valence-electron chi connectivity index (χ1n) is 22.9. The molecule has 0 aliphatic rings. The topological polar surface area (TPSA) is 65.1 Å². The first kappa shape index (κ1) is 51.9. The predicted molar refractivity (Wildman–Crippen MR) is 227 cm³/mol. The standard InChI is InChI=1S/C47H93NO5/c1-38(2)30-32-43(40(5)6)36-51-34-26-22-18-13-12-15-19-23-27-45(53-47(50)35-48(11)42(9)10)28-24-20-16-14-17-21-25-29-46(49)52-37-44(41(7)8)33-31-39(3)4/h38-45H,12-37H2,1-11H3. The van der Waals surface area contributed by atoms with Crippen LogP contribution >= 0.6 is 0 Å². The summed E-state index contributed by atoms with van der Waals surface area (Å²) >= 11 is 0. The lowest BCUT2D eigenvalue weighted by Crippen LogP contribution is -2.34. The van der Waals surface area contributed by atoms with Gasteiger partial charge in [-0.15, -0.1) is 0 Å². The van der Waals surface area contributed by atoms with Gasteiger partial charge in [-0.3, -0.25) is 14.5 Å². The molecule has 0 bridgehead atoms. The van der Waals surface area contributed by atoms with Gasteiger partial charge < -0.3 is 14.2 Å². The van der Waals surface area contributed by atoms with Crippen molar-refractivity contribution in [2.45, 2.75) is 223 Å². The Hall–Kier alpha value is -1.14. The Morgan fingerprint density at radius 2 is 0.925 bits per heavy atom. The van der Waals surface area contributed by atoms with E-state index < -0.39 is 0 Å². The molecule has 0 aliphatic heterocycles. The third kappa shape index (κ3) is 32.8. The van der Waals surface area contributed by atoms with Crippen molar-refractivity contribution in [2.24, 2.45) is 35.5 Å². The molecule has 6 heteroatoms. The van der Waals surface area contributed by atoms with Crippen molar-refractivity contribution < 1.29 is 23.8 Å². The Labute approximate surface area is 331 Å². The van der Waals surface area contributed by atoms with Gasteiger partial charge in [-0.25, -0.2) is 0 Å². The Bertz CT molecular complexity index is 841. The van der Waals surface area contributed by atoms with Crippen molar-refractivity contribution >= 4 is 11.9 Å². The van der Waals surface area contributed by atoms with Crippen LogP contribution in [0.4, 0.5) is 0 Å². The molecule has 0 fully saturated rings. The molecule has 3 unspecified atom stereocenters. The lowest BCUT2D eigenvalue weighted by Gasteiger charge is -2.23. The van der Waals surface area contributed by atoms with E-state index in [2.05, 4.69) is 74.1 Å². The van der Waals surface area contributed by atoms with E-state index in [1.807, 2.05) is 7.05 Å². The molecule has 0 aliphatic carbocycles. The molecule has 0 rings (SSSR count). The van der Waals surface area contributed by atoms with Crippen LogP contribution in [-0.2, 0) is 23.8 Å². The maximum atomic E-state index is 12.7. The number of unbranched alkanes of at least 4 members (excludes halogenated alkanes) is 13. The molecule has 0 spiro atoms. The summed E-state index contributed by atoms with van der Waals surface area (Å²) in [7, 11) is 1.99. The summed E-state index contributed by atoms with van der Waals surface area (Å²) in [5.74, 6) is 3.76. The fourth-order valence-electron chi connectivity index (χ4n) is 6.85. The Morgan fingerprint density at radius 1 is 0.491 bits per heavy atom. The van der Waals surface area contributed by atoms with Crippen molar-refractivity contribution in [3.63, 3.8) is 0 Å². The molecule has 0 saturated heterocycles. The van der Waals surface area contributed by atoms with Crippen LogP contribution in [0.5, 0.6) is 0 Å². The van der Waals surface area contributed by atoms with Crippen LogP contribution in [0.15, 0.2) is 0 Å². The van der Waals surface area contributed by atoms with Gasteiger partial charge in [0, 0.05) is 25.7 Å². The van der Waals surface area contributed by atoms with Gasteiger partial charge in [-0.2, -0.15) is 0 Å². The van der Waals surface area contributed by atoms with Gasteiger partial charge in [0.15, 0.2) is 0 Å². The number of nitrogens with zero attached hydrogens (tertiary/aromatic N) is 1. The van der Waals surface area contributed by atoms with Crippen LogP contribution in [0.2, 0.25) is 0 Å². The fraction of sp³-hybridized carbons (Fsp3) is 0.957. The highest BCUT2D eigenvalue weighted by molar-refractivity contribution is 5.71. The summed E-state index contributed by atoms with van der Waals surface area (Å²) in [5.41, 5.74) is 0. The minimum Gasteiger partial charge on any atom is -0.465 e. The second kappa shape index (κ2) is 34.1. The Morgan fingerprint density at radius 3 is 1.38 bits per heavy atom. The second-order valence-electron chi connectivity index (χ2n) is 18.5. The molecule has 0 aromatic heterocycles. The van der Waals surface area contributed by atoms with Gasteiger partial charge in [0.2, 0.25) is 0 Å². The van der Waals surface area contributed by atoms with Crippen molar-refractivity contribution in [1.29, 1.82) is 0 Å². The molecular weight excluding hydrogens is 659 g/mol. The highest BCUT2D eigenvalue weighted by Crippen LogP contribution is 2.23. The van der Waals surface area contributed by atoms with Crippen molar-refractivity contribution in [3.05, 3.63) is 0 Å². The fourth-order valence-corrected chi connectivity index (χ4v) is 6.85. The zero-order valence-corrected chi connectivity index (χ0v) is 37.5. The number of rotatable bonds is 37. The van der Waals surface area contributed by atoms with Gasteiger partial charge in [-0.1, -0.05) is 139 Å². The number of esters is 2. The summed E-state index contributed by atoms with van der Waals surface area (Å²) in [6.07, 6.45) is 25.3. The van der Waals surface area contributed by atoms with E-state index in [1.54, 1.807) is 0 Å². The summed E-state index contributed by atoms with van der Waals surface area (Å²) in [4.78, 5) is 27.1. The van der Waals surface area contributed by atoms with E-state index >= 15 is 0 Å². The van der Waals surface area contributed by atoms with Crippen LogP contribution in [-0.4, -0.2) is 62.4 Å². The number of hydrogen-bond acceptors (Lipinski definition) is 6. The highest BCUT2D eigenvalue weighted by Gasteiger charge is 2.18. The minimum absolute atomic E-state index is 0.0281. The average molecular weight is 752 g/mol. The van der Waals surface area contributed by atoms with Gasteiger partial charge >= 0.3 is 11.9 Å². The van der Waals surface area contributed by atoms with E-state index in [4.69, 9.17) is 14.2 Å². The molecular formula is C47H93NO5. The van der Waals surface area contributed by atoms with Gasteiger partial charge in [0.1, 0.15) is 6.10 Å². The van der Waals surface area contributed by atoms with Crippen LogP contribution in [0.25, 0.3) is 0 Å². The predicted octanol–water partition coefficient (Wildman–Crippen LogP) is 13.2. The van der Waals surface area contributed by atoms with E-state index in [0.29, 0.717) is 55.2 Å². The molecule has 53 heavy (non-hydrogen) atoms. The highest BCUT2D eigenvalue weighted by atomic mass is 16.5. The molecule has 0 amide bonds. The Balaban J connectivity index is 4.19. The number of hydrogen-bond donors (Lipinski definition) is 0. The third-order valence-electron chi connectivity index (χ3n) is 11.4. The van der Waals surface area contributed by atoms with Crippen LogP contribution in [0, 0.1) is 35.5 Å². The van der Waals surface area contributed by atoms with Crippen molar-refractivity contribution in [3.8, 4) is 0 Å². The third-order valence-corrected chi connectivity index (χ3v) is 11.4. The van der Waals surface area contributed by atoms with E-state index in [1.165, 1.54) is 89.9 Å². The minimum atomic E-state index is -0.0840. The molecule has 0 saturated carbocycles. The number of likely N-dealkylation sites (N-methyl/N-ethyl adjacent to an activating group) is 1. The number of carbonyl (C=O) groups is 2. The molecule has 0 heterocycles. The normalized spacial score (nSPS) is 13.9. The summed E-state index contributed by atoms with van der Waals surface area (Å²) in [6.45, 7) is 25.3. The van der Waals surface area contributed by atoms with Crippen LogP contribution in [0.1, 0.15) is 210 Å².